The smallest absolute Gasteiger partial charge is 0.225 e. The van der Waals surface area contributed by atoms with E-state index < -0.39 is 11.6 Å². The van der Waals surface area contributed by atoms with E-state index in [4.69, 9.17) is 10.00 Å². The van der Waals surface area contributed by atoms with Crippen LogP contribution in [0.15, 0.2) is 55.5 Å². The predicted molar refractivity (Wildman–Crippen MR) is 174 cm³/mol. The van der Waals surface area contributed by atoms with Crippen LogP contribution in [0, 0.1) is 41.2 Å². The van der Waals surface area contributed by atoms with E-state index in [2.05, 4.69) is 37.0 Å². The predicted octanol–water partition coefficient (Wildman–Crippen LogP) is 5.13. The third-order valence-electron chi connectivity index (χ3n) is 9.77. The minimum absolute atomic E-state index is 0.000807. The van der Waals surface area contributed by atoms with Crippen LogP contribution in [0.1, 0.15) is 30.4 Å². The standard InChI is InChI=1S/C35H36F2N8O2/c1-22-17-25(3-4-26(22)23(2)43-13-7-24(8-14-43)34(46)44-20-35(21-44)9-11-39-19-35)42-32-33-41-18-28(45(33)15-12-40-32)27-5-6-29(47-16-10-38)31(37)30(27)36/h3-6,12,15,17-18,24,39H,2,7-9,11,13-14,16,19-21H2,1H3,(H,40,42). The van der Waals surface area contributed by atoms with E-state index in [0.717, 1.165) is 74.6 Å². The molecular weight excluding hydrogens is 602 g/mol. The van der Waals surface area contributed by atoms with Crippen molar-refractivity contribution in [2.24, 2.45) is 11.3 Å². The number of hydrogen-bond donors (Lipinski definition) is 2. The Labute approximate surface area is 271 Å². The van der Waals surface area contributed by atoms with E-state index in [1.807, 2.05) is 25.1 Å². The Balaban J connectivity index is 1.01. The topological polar surface area (TPSA) is 111 Å². The molecule has 1 amide bonds. The molecule has 0 radical (unpaired) electrons. The molecule has 3 aliphatic heterocycles. The monoisotopic (exact) mass is 638 g/mol. The Morgan fingerprint density at radius 1 is 1.17 bits per heavy atom. The first-order chi connectivity index (χ1) is 22.8. The molecule has 2 aromatic carbocycles. The van der Waals surface area contributed by atoms with E-state index in [0.29, 0.717) is 28.5 Å². The Bertz CT molecular complexity index is 1900. The molecule has 2 N–H and O–H groups in total. The minimum atomic E-state index is -1.17. The van der Waals surface area contributed by atoms with Gasteiger partial charge in [-0.05, 0) is 62.6 Å². The van der Waals surface area contributed by atoms with Crippen LogP contribution >= 0.6 is 0 Å². The number of imidazole rings is 1. The first kappa shape index (κ1) is 30.6. The fraction of sp³-hybridized carbons (Fsp3) is 0.371. The second-order valence-corrected chi connectivity index (χ2v) is 12.8. The van der Waals surface area contributed by atoms with Gasteiger partial charge in [-0.15, -0.1) is 0 Å². The summed E-state index contributed by atoms with van der Waals surface area (Å²) in [6.45, 7) is 11.5. The largest absolute Gasteiger partial charge is 0.476 e. The van der Waals surface area contributed by atoms with Gasteiger partial charge in [0, 0.05) is 79.0 Å². The molecule has 3 fully saturated rings. The van der Waals surface area contributed by atoms with Gasteiger partial charge in [-0.25, -0.2) is 14.4 Å². The van der Waals surface area contributed by atoms with Gasteiger partial charge in [0.1, 0.15) is 6.07 Å². The highest BCUT2D eigenvalue weighted by Crippen LogP contribution is 2.38. The van der Waals surface area contributed by atoms with Gasteiger partial charge in [0.15, 0.2) is 29.6 Å². The van der Waals surface area contributed by atoms with Crippen LogP contribution < -0.4 is 15.4 Å². The molecule has 7 rings (SSSR count). The highest BCUT2D eigenvalue weighted by atomic mass is 19.2. The average molecular weight is 639 g/mol. The molecule has 242 valence electrons. The number of hydrogen-bond acceptors (Lipinski definition) is 8. The fourth-order valence-corrected chi connectivity index (χ4v) is 7.17. The number of amides is 1. The number of aromatic nitrogens is 3. The second kappa shape index (κ2) is 12.3. The Morgan fingerprint density at radius 3 is 2.70 bits per heavy atom. The van der Waals surface area contributed by atoms with Gasteiger partial charge in [0.2, 0.25) is 11.7 Å². The molecule has 47 heavy (non-hydrogen) atoms. The second-order valence-electron chi connectivity index (χ2n) is 12.8. The van der Waals surface area contributed by atoms with Crippen LogP contribution in [0.4, 0.5) is 20.3 Å². The van der Waals surface area contributed by atoms with Crippen LogP contribution in [0.3, 0.4) is 0 Å². The number of nitriles is 1. The number of nitrogens with zero attached hydrogens (tertiary/aromatic N) is 6. The number of fused-ring (bicyclic) bond motifs is 1. The van der Waals surface area contributed by atoms with Crippen molar-refractivity contribution in [2.75, 3.05) is 51.2 Å². The number of ether oxygens (including phenoxy) is 1. The maximum atomic E-state index is 15.0. The van der Waals surface area contributed by atoms with Crippen molar-refractivity contribution in [3.8, 4) is 23.1 Å². The lowest BCUT2D eigenvalue weighted by Crippen LogP contribution is -2.61. The summed E-state index contributed by atoms with van der Waals surface area (Å²) in [5, 5.41) is 15.4. The third kappa shape index (κ3) is 5.65. The fourth-order valence-electron chi connectivity index (χ4n) is 7.17. The minimum Gasteiger partial charge on any atom is -0.476 e. The van der Waals surface area contributed by atoms with Crippen LogP contribution in [0.5, 0.6) is 5.75 Å². The summed E-state index contributed by atoms with van der Waals surface area (Å²) >= 11 is 0. The number of carbonyl (C=O) groups is 1. The van der Waals surface area contributed by atoms with E-state index >= 15 is 4.39 Å². The summed E-state index contributed by atoms with van der Waals surface area (Å²) in [6.07, 6.45) is 7.47. The number of halogens is 2. The number of benzene rings is 2. The van der Waals surface area contributed by atoms with Crippen LogP contribution in [0.25, 0.3) is 22.6 Å². The van der Waals surface area contributed by atoms with Gasteiger partial charge in [0.25, 0.3) is 0 Å². The third-order valence-corrected chi connectivity index (χ3v) is 9.77. The number of rotatable bonds is 8. The summed E-state index contributed by atoms with van der Waals surface area (Å²) in [7, 11) is 0. The molecule has 1 spiro atoms. The summed E-state index contributed by atoms with van der Waals surface area (Å²) in [5.41, 5.74) is 4.88. The lowest BCUT2D eigenvalue weighted by molar-refractivity contribution is -0.148. The van der Waals surface area contributed by atoms with E-state index in [9.17, 15) is 9.18 Å². The average Bonchev–Trinajstić information content (AvgIpc) is 3.73. The van der Waals surface area contributed by atoms with Crippen molar-refractivity contribution >= 4 is 28.8 Å². The molecule has 12 heteroatoms. The Kier molecular flexibility index (Phi) is 8.01. The summed E-state index contributed by atoms with van der Waals surface area (Å²) < 4.78 is 36.3. The molecule has 2 aromatic heterocycles. The number of nitrogens with one attached hydrogen (secondary N) is 2. The zero-order valence-electron chi connectivity index (χ0n) is 26.2. The highest BCUT2D eigenvalue weighted by molar-refractivity contribution is 5.80. The van der Waals surface area contributed by atoms with E-state index in [1.54, 1.807) is 22.9 Å². The van der Waals surface area contributed by atoms with Gasteiger partial charge in [-0.2, -0.15) is 9.65 Å². The Hall–Kier alpha value is -5.02. The lowest BCUT2D eigenvalue weighted by Gasteiger charge is -2.49. The van der Waals surface area contributed by atoms with Crippen molar-refractivity contribution < 1.29 is 18.3 Å². The maximum Gasteiger partial charge on any atom is 0.225 e. The number of piperidine rings is 1. The number of likely N-dealkylation sites (tertiary alicyclic amines) is 2. The molecule has 0 aliphatic carbocycles. The molecule has 0 atom stereocenters. The molecule has 3 aliphatic rings. The van der Waals surface area contributed by atoms with Crippen molar-refractivity contribution in [2.45, 2.75) is 26.2 Å². The molecule has 4 aromatic rings. The van der Waals surface area contributed by atoms with Gasteiger partial charge in [-0.1, -0.05) is 12.6 Å². The van der Waals surface area contributed by atoms with Gasteiger partial charge >= 0.3 is 0 Å². The van der Waals surface area contributed by atoms with E-state index in [-0.39, 0.29) is 23.8 Å². The zero-order chi connectivity index (χ0) is 32.7. The summed E-state index contributed by atoms with van der Waals surface area (Å²) in [4.78, 5) is 26.4. The van der Waals surface area contributed by atoms with Crippen molar-refractivity contribution in [1.82, 2.24) is 29.5 Å². The van der Waals surface area contributed by atoms with Crippen LogP contribution in [-0.2, 0) is 4.79 Å². The highest BCUT2D eigenvalue weighted by Gasteiger charge is 2.48. The molecule has 10 nitrogen and oxygen atoms in total. The number of carbonyl (C=O) groups excluding carboxylic acids is 1. The summed E-state index contributed by atoms with van der Waals surface area (Å²) in [6, 6.07) is 10.4. The molecule has 0 bridgehead atoms. The van der Waals surface area contributed by atoms with E-state index in [1.165, 1.54) is 24.8 Å². The number of anilines is 2. The van der Waals surface area contributed by atoms with Gasteiger partial charge < -0.3 is 25.2 Å². The van der Waals surface area contributed by atoms with Gasteiger partial charge in [0.05, 0.1) is 11.9 Å². The lowest BCUT2D eigenvalue weighted by atomic mass is 9.78. The van der Waals surface area contributed by atoms with Crippen LogP contribution in [0.2, 0.25) is 0 Å². The SMILES string of the molecule is C=C(c1ccc(Nc2nccn3c(-c4ccc(OCC#N)c(F)c4F)cnc23)cc1C)N1CCC(C(=O)N2CC3(CCNC3)C2)CC1. The normalized spacial score (nSPS) is 17.5. The quantitative estimate of drug-likeness (QED) is 0.273. The first-order valence-corrected chi connectivity index (χ1v) is 15.9. The Morgan fingerprint density at radius 2 is 1.98 bits per heavy atom. The van der Waals surface area contributed by atoms with Crippen molar-refractivity contribution in [3.63, 3.8) is 0 Å². The maximum absolute atomic E-state index is 15.0. The molecule has 3 saturated heterocycles. The van der Waals surface area contributed by atoms with Crippen molar-refractivity contribution in [1.29, 1.82) is 5.26 Å². The molecule has 0 saturated carbocycles. The molecule has 0 unspecified atom stereocenters. The molecular formula is C35H36F2N8O2. The molecule has 5 heterocycles. The van der Waals surface area contributed by atoms with Gasteiger partial charge in [-0.3, -0.25) is 9.20 Å². The van der Waals surface area contributed by atoms with Crippen LogP contribution in [-0.4, -0.2) is 76.0 Å². The summed E-state index contributed by atoms with van der Waals surface area (Å²) in [5.74, 6) is -1.76. The first-order valence-electron chi connectivity index (χ1n) is 15.9. The number of aryl methyl sites for hydroxylation is 1. The van der Waals surface area contributed by atoms with Crippen molar-refractivity contribution in [3.05, 3.63) is 78.3 Å². The zero-order valence-corrected chi connectivity index (χ0v) is 26.2.